The highest BCUT2D eigenvalue weighted by molar-refractivity contribution is 7.26. The van der Waals surface area contributed by atoms with Crippen LogP contribution in [0.25, 0.3) is 75.5 Å². The topological polar surface area (TPSA) is 42.2 Å². The first-order chi connectivity index (χ1) is 26.8. The number of pyridine rings is 1. The third-order valence-electron chi connectivity index (χ3n) is 10.6. The Kier molecular flexibility index (Phi) is 7.07. The molecule has 7 aromatic carbocycles. The van der Waals surface area contributed by atoms with Crippen LogP contribution in [0, 0.1) is 0 Å². The van der Waals surface area contributed by atoms with Crippen LogP contribution in [-0.2, 0) is 0 Å². The largest absolute Gasteiger partial charge is 0.359 e. The number of nitrogens with zero attached hydrogens (tertiary/aromatic N) is 3. The van der Waals surface area contributed by atoms with Crippen LogP contribution in [0.5, 0.6) is 0 Å². The SMILES string of the molecule is C1=C(c2ccc3sc4c5ccccc5nc(-c5ccccc5)c4c3c2)N=C(c2ccc(-n3c4ccccc4c4ccccc43)cc2)NC1c1ccccc1. The Morgan fingerprint density at radius 1 is 0.537 bits per heavy atom. The number of hydrogen-bond acceptors (Lipinski definition) is 4. The van der Waals surface area contributed by atoms with E-state index in [4.69, 9.17) is 9.98 Å². The summed E-state index contributed by atoms with van der Waals surface area (Å²) in [6.07, 6.45) is 2.26. The van der Waals surface area contributed by atoms with Crippen molar-refractivity contribution in [2.45, 2.75) is 6.04 Å². The monoisotopic (exact) mass is 708 g/mol. The smallest absolute Gasteiger partial charge is 0.134 e. The zero-order valence-corrected chi connectivity index (χ0v) is 30.0. The molecule has 11 rings (SSSR count). The maximum atomic E-state index is 5.34. The summed E-state index contributed by atoms with van der Waals surface area (Å²) in [4.78, 5) is 10.6. The minimum absolute atomic E-state index is 0.0499. The average molecular weight is 709 g/mol. The van der Waals surface area contributed by atoms with E-state index < -0.39 is 0 Å². The van der Waals surface area contributed by atoms with Crippen molar-refractivity contribution in [1.82, 2.24) is 14.9 Å². The number of aromatic nitrogens is 2. The molecule has 1 unspecified atom stereocenters. The molecule has 0 fully saturated rings. The lowest BCUT2D eigenvalue weighted by Gasteiger charge is -2.24. The number of benzene rings is 7. The van der Waals surface area contributed by atoms with Gasteiger partial charge in [-0.1, -0.05) is 121 Å². The van der Waals surface area contributed by atoms with E-state index in [1.165, 1.54) is 52.9 Å². The Morgan fingerprint density at radius 3 is 1.91 bits per heavy atom. The van der Waals surface area contributed by atoms with Gasteiger partial charge in [-0.05, 0) is 66.2 Å². The second kappa shape index (κ2) is 12.4. The van der Waals surface area contributed by atoms with Gasteiger partial charge in [0.1, 0.15) is 5.84 Å². The quantitative estimate of drug-likeness (QED) is 0.193. The maximum Gasteiger partial charge on any atom is 0.134 e. The van der Waals surface area contributed by atoms with Gasteiger partial charge in [0, 0.05) is 58.7 Å². The highest BCUT2D eigenvalue weighted by Gasteiger charge is 2.22. The second-order valence-corrected chi connectivity index (χ2v) is 14.9. The van der Waals surface area contributed by atoms with Crippen LogP contribution in [0.15, 0.2) is 187 Å². The number of aliphatic imine (C=N–C) groups is 1. The van der Waals surface area contributed by atoms with Gasteiger partial charge in [-0.15, -0.1) is 11.3 Å². The Labute approximate surface area is 316 Å². The van der Waals surface area contributed by atoms with Gasteiger partial charge in [-0.3, -0.25) is 0 Å². The van der Waals surface area contributed by atoms with Crippen molar-refractivity contribution in [2.75, 3.05) is 0 Å². The van der Waals surface area contributed by atoms with E-state index >= 15 is 0 Å². The standard InChI is InChI=1S/C49H32N4S/c1-3-13-31(14-4-1)41-30-42(52-49(51-41)33-23-26-35(27-24-33)53-43-21-11-8-17-36(43)37-18-9-12-22-44(37)53)34-25-28-45-39(29-34)46-47(32-15-5-2-6-16-32)50-40-20-10-7-19-38(40)48(46)54-45/h1-30,41H,(H,51,52). The molecule has 0 amide bonds. The number of nitrogens with one attached hydrogen (secondary N) is 1. The van der Waals surface area contributed by atoms with Crippen LogP contribution < -0.4 is 5.32 Å². The number of para-hydroxylation sites is 3. The van der Waals surface area contributed by atoms with Crippen molar-refractivity contribution in [3.8, 4) is 16.9 Å². The summed E-state index contributed by atoms with van der Waals surface area (Å²) in [6.45, 7) is 0. The minimum atomic E-state index is -0.0499. The molecule has 10 aromatic rings. The molecule has 1 atom stereocenters. The molecular weight excluding hydrogens is 677 g/mol. The molecule has 0 aliphatic carbocycles. The predicted molar refractivity (Wildman–Crippen MR) is 228 cm³/mol. The molecule has 0 saturated heterocycles. The lowest BCUT2D eigenvalue weighted by Crippen LogP contribution is -2.31. The molecule has 0 radical (unpaired) electrons. The van der Waals surface area contributed by atoms with Crippen LogP contribution in [-0.4, -0.2) is 15.4 Å². The van der Waals surface area contributed by atoms with Gasteiger partial charge < -0.3 is 9.88 Å². The van der Waals surface area contributed by atoms with E-state index in [0.29, 0.717) is 0 Å². The molecule has 4 nitrogen and oxygen atoms in total. The van der Waals surface area contributed by atoms with Gasteiger partial charge in [0.05, 0.1) is 34.0 Å². The van der Waals surface area contributed by atoms with E-state index in [1.807, 2.05) is 11.3 Å². The molecule has 1 N–H and O–H groups in total. The molecule has 5 heteroatoms. The van der Waals surface area contributed by atoms with Gasteiger partial charge in [0.2, 0.25) is 0 Å². The highest BCUT2D eigenvalue weighted by atomic mass is 32.1. The van der Waals surface area contributed by atoms with Gasteiger partial charge in [0.25, 0.3) is 0 Å². The van der Waals surface area contributed by atoms with E-state index in [9.17, 15) is 0 Å². The van der Waals surface area contributed by atoms with Gasteiger partial charge in [-0.25, -0.2) is 9.98 Å². The molecule has 0 bridgehead atoms. The third kappa shape index (κ3) is 4.97. The van der Waals surface area contributed by atoms with Crippen molar-refractivity contribution in [3.05, 3.63) is 199 Å². The summed E-state index contributed by atoms with van der Waals surface area (Å²) in [7, 11) is 0. The molecule has 1 aliphatic rings. The first kappa shape index (κ1) is 30.8. The predicted octanol–water partition coefficient (Wildman–Crippen LogP) is 12.5. The summed E-state index contributed by atoms with van der Waals surface area (Å²) < 4.78 is 4.86. The number of rotatable bonds is 5. The van der Waals surface area contributed by atoms with Crippen LogP contribution >= 0.6 is 11.3 Å². The van der Waals surface area contributed by atoms with Gasteiger partial charge in [-0.2, -0.15) is 0 Å². The molecule has 3 aromatic heterocycles. The molecule has 1 aliphatic heterocycles. The third-order valence-corrected chi connectivity index (χ3v) is 11.8. The lowest BCUT2D eigenvalue weighted by atomic mass is 9.98. The van der Waals surface area contributed by atoms with E-state index in [2.05, 4.69) is 192 Å². The molecule has 254 valence electrons. The Bertz CT molecular complexity index is 3060. The fourth-order valence-electron chi connectivity index (χ4n) is 8.08. The van der Waals surface area contributed by atoms with Crippen molar-refractivity contribution in [2.24, 2.45) is 4.99 Å². The van der Waals surface area contributed by atoms with Crippen molar-refractivity contribution < 1.29 is 0 Å². The van der Waals surface area contributed by atoms with Crippen molar-refractivity contribution in [1.29, 1.82) is 0 Å². The molecule has 4 heterocycles. The Morgan fingerprint density at radius 2 is 1.17 bits per heavy atom. The first-order valence-corrected chi connectivity index (χ1v) is 19.1. The van der Waals surface area contributed by atoms with Gasteiger partial charge >= 0.3 is 0 Å². The van der Waals surface area contributed by atoms with E-state index in [0.717, 1.165) is 45.1 Å². The molecule has 0 spiro atoms. The molecule has 0 saturated carbocycles. The summed E-state index contributed by atoms with van der Waals surface area (Å²) >= 11 is 1.84. The van der Waals surface area contributed by atoms with Crippen LogP contribution in [0.2, 0.25) is 0 Å². The number of thiophene rings is 1. The van der Waals surface area contributed by atoms with Crippen LogP contribution in [0.4, 0.5) is 0 Å². The van der Waals surface area contributed by atoms with Crippen molar-refractivity contribution in [3.63, 3.8) is 0 Å². The number of amidine groups is 1. The number of fused-ring (bicyclic) bond motifs is 8. The van der Waals surface area contributed by atoms with Crippen molar-refractivity contribution >= 4 is 75.8 Å². The zero-order valence-electron chi connectivity index (χ0n) is 29.1. The Hall–Kier alpha value is -6.82. The lowest BCUT2D eigenvalue weighted by molar-refractivity contribution is 0.781. The number of hydrogen-bond donors (Lipinski definition) is 1. The second-order valence-electron chi connectivity index (χ2n) is 13.8. The van der Waals surface area contributed by atoms with Crippen LogP contribution in [0.3, 0.4) is 0 Å². The van der Waals surface area contributed by atoms with E-state index in [-0.39, 0.29) is 6.04 Å². The summed E-state index contributed by atoms with van der Waals surface area (Å²) in [5.41, 5.74) is 10.9. The Balaban J connectivity index is 1.06. The van der Waals surface area contributed by atoms with Crippen LogP contribution in [0.1, 0.15) is 22.7 Å². The summed E-state index contributed by atoms with van der Waals surface area (Å²) in [5.74, 6) is 0.850. The fourth-order valence-corrected chi connectivity index (χ4v) is 9.30. The minimum Gasteiger partial charge on any atom is -0.359 e. The maximum absolute atomic E-state index is 5.34. The average Bonchev–Trinajstić information content (AvgIpc) is 3.80. The fraction of sp³-hybridized carbons (Fsp3) is 0.0204. The normalized spacial score (nSPS) is 14.5. The summed E-state index contributed by atoms with van der Waals surface area (Å²) in [5, 5.41) is 9.86. The molecule has 54 heavy (non-hydrogen) atoms. The molecular formula is C49H32N4S. The highest BCUT2D eigenvalue weighted by Crippen LogP contribution is 2.44. The first-order valence-electron chi connectivity index (χ1n) is 18.3. The summed E-state index contributed by atoms with van der Waals surface area (Å²) in [6, 6.07) is 62.5. The zero-order chi connectivity index (χ0) is 35.6. The van der Waals surface area contributed by atoms with Gasteiger partial charge in [0.15, 0.2) is 0 Å². The van der Waals surface area contributed by atoms with E-state index in [1.54, 1.807) is 0 Å².